The minimum absolute atomic E-state index is 0.410. The third-order valence-corrected chi connectivity index (χ3v) is 4.90. The molecule has 0 unspecified atom stereocenters. The topological polar surface area (TPSA) is 0 Å². The van der Waals surface area contributed by atoms with Crippen molar-refractivity contribution in [2.75, 3.05) is 6.26 Å². The van der Waals surface area contributed by atoms with Gasteiger partial charge >= 0.3 is 0 Å². The molecular formula is C8H11FS. The van der Waals surface area contributed by atoms with Crippen molar-refractivity contribution in [2.45, 2.75) is 17.8 Å². The highest BCUT2D eigenvalue weighted by Crippen LogP contribution is 2.73. The van der Waals surface area contributed by atoms with Crippen LogP contribution < -0.4 is 0 Å². The zero-order valence-corrected chi connectivity index (χ0v) is 6.77. The highest BCUT2D eigenvalue weighted by atomic mass is 32.2. The molecule has 0 aliphatic heterocycles. The second kappa shape index (κ2) is 1.55. The number of thioether (sulfide) groups is 1. The van der Waals surface area contributed by atoms with Gasteiger partial charge in [-0.1, -0.05) is 0 Å². The highest BCUT2D eigenvalue weighted by Gasteiger charge is 2.73. The molecule has 0 amide bonds. The molecule has 4 saturated carbocycles. The third kappa shape index (κ3) is 0.421. The van der Waals surface area contributed by atoms with Crippen molar-refractivity contribution in [1.29, 1.82) is 0 Å². The summed E-state index contributed by atoms with van der Waals surface area (Å²) < 4.78 is 13.2. The standard InChI is InChI=1S/C8H11FS/c1-10-8-4-2-3-5(6(3)8)7(4)9/h3-8H,2H2,1H3/t3-,4-,5+,6-,7+,8+/m0/s1. The summed E-state index contributed by atoms with van der Waals surface area (Å²) in [6.45, 7) is 0. The van der Waals surface area contributed by atoms with E-state index in [0.29, 0.717) is 17.1 Å². The quantitative estimate of drug-likeness (QED) is 0.562. The van der Waals surface area contributed by atoms with Crippen molar-refractivity contribution in [1.82, 2.24) is 0 Å². The zero-order valence-electron chi connectivity index (χ0n) is 5.96. The molecular weight excluding hydrogens is 147 g/mol. The molecule has 4 fully saturated rings. The van der Waals surface area contributed by atoms with Gasteiger partial charge in [-0.25, -0.2) is 4.39 Å². The van der Waals surface area contributed by atoms with Crippen molar-refractivity contribution < 1.29 is 4.39 Å². The lowest BCUT2D eigenvalue weighted by molar-refractivity contribution is 0.273. The molecule has 0 N–H and O–H groups in total. The van der Waals surface area contributed by atoms with Gasteiger partial charge in [-0.2, -0.15) is 11.8 Å². The van der Waals surface area contributed by atoms with Crippen LogP contribution in [0.15, 0.2) is 0 Å². The Kier molecular flexibility index (Phi) is 0.908. The van der Waals surface area contributed by atoms with Crippen molar-refractivity contribution in [3.63, 3.8) is 0 Å². The molecule has 0 spiro atoms. The summed E-state index contributed by atoms with van der Waals surface area (Å²) in [5, 5.41) is 0.699. The second-order valence-corrected chi connectivity index (χ2v) is 4.88. The number of hydrogen-bond acceptors (Lipinski definition) is 1. The fraction of sp³-hybridized carbons (Fsp3) is 1.00. The average Bonchev–Trinajstić information content (AvgIpc) is 2.29. The van der Waals surface area contributed by atoms with Gasteiger partial charge in [0.05, 0.1) is 0 Å². The van der Waals surface area contributed by atoms with Crippen molar-refractivity contribution in [2.24, 2.45) is 23.7 Å². The first-order chi connectivity index (χ1) is 4.84. The van der Waals surface area contributed by atoms with Gasteiger partial charge in [-0.15, -0.1) is 0 Å². The van der Waals surface area contributed by atoms with Gasteiger partial charge in [0, 0.05) is 11.2 Å². The first-order valence-electron chi connectivity index (χ1n) is 4.01. The van der Waals surface area contributed by atoms with Crippen LogP contribution in [-0.2, 0) is 0 Å². The fourth-order valence-corrected chi connectivity index (χ4v) is 4.62. The van der Waals surface area contributed by atoms with Crippen LogP contribution in [0.1, 0.15) is 6.42 Å². The molecule has 4 rings (SSSR count). The molecule has 56 valence electrons. The van der Waals surface area contributed by atoms with E-state index in [0.717, 1.165) is 11.8 Å². The molecule has 0 radical (unpaired) electrons. The lowest BCUT2D eigenvalue weighted by atomic mass is 10.1. The first-order valence-corrected chi connectivity index (χ1v) is 5.30. The third-order valence-electron chi connectivity index (χ3n) is 3.69. The summed E-state index contributed by atoms with van der Waals surface area (Å²) in [5.74, 6) is 2.59. The number of rotatable bonds is 1. The van der Waals surface area contributed by atoms with Gasteiger partial charge in [0.15, 0.2) is 0 Å². The Morgan fingerprint density at radius 3 is 2.30 bits per heavy atom. The van der Waals surface area contributed by atoms with Crippen LogP contribution in [0.4, 0.5) is 4.39 Å². The van der Waals surface area contributed by atoms with Crippen LogP contribution in [0.25, 0.3) is 0 Å². The Morgan fingerprint density at radius 2 is 2.10 bits per heavy atom. The molecule has 0 heterocycles. The Morgan fingerprint density at radius 1 is 1.30 bits per heavy atom. The van der Waals surface area contributed by atoms with Gasteiger partial charge in [0.25, 0.3) is 0 Å². The SMILES string of the molecule is CS[C@@H]1[C@H]2C[C@H]3[C@@H]([C@@H]2F)[C@H]31. The van der Waals surface area contributed by atoms with Gasteiger partial charge in [0.1, 0.15) is 6.17 Å². The van der Waals surface area contributed by atoms with Crippen molar-refractivity contribution in [3.05, 3.63) is 0 Å². The molecule has 0 saturated heterocycles. The van der Waals surface area contributed by atoms with Gasteiger partial charge < -0.3 is 0 Å². The maximum Gasteiger partial charge on any atom is 0.107 e. The maximum absolute atomic E-state index is 13.2. The van der Waals surface area contributed by atoms with Crippen molar-refractivity contribution >= 4 is 11.8 Å². The van der Waals surface area contributed by atoms with Crippen LogP contribution >= 0.6 is 11.8 Å². The Bertz CT molecular complexity index is 182. The van der Waals surface area contributed by atoms with E-state index in [1.165, 1.54) is 6.42 Å². The Balaban J connectivity index is 1.95. The van der Waals surface area contributed by atoms with E-state index >= 15 is 0 Å². The van der Waals surface area contributed by atoms with Gasteiger partial charge in [-0.05, 0) is 30.4 Å². The average molecular weight is 158 g/mol. The summed E-state index contributed by atoms with van der Waals surface area (Å²) in [6, 6.07) is 0. The molecule has 4 bridgehead atoms. The fourth-order valence-electron chi connectivity index (χ4n) is 3.32. The normalized spacial score (nSPS) is 69.0. The van der Waals surface area contributed by atoms with E-state index in [-0.39, 0.29) is 0 Å². The molecule has 0 nitrogen and oxygen atoms in total. The largest absolute Gasteiger partial charge is 0.247 e. The molecule has 10 heavy (non-hydrogen) atoms. The minimum Gasteiger partial charge on any atom is -0.247 e. The molecule has 4 aliphatic carbocycles. The molecule has 0 aromatic heterocycles. The van der Waals surface area contributed by atoms with Crippen LogP contribution in [0.5, 0.6) is 0 Å². The van der Waals surface area contributed by atoms with E-state index in [1.54, 1.807) is 0 Å². The maximum atomic E-state index is 13.2. The minimum atomic E-state index is -0.410. The van der Waals surface area contributed by atoms with E-state index in [4.69, 9.17) is 0 Å². The Labute approximate surface area is 64.6 Å². The summed E-state index contributed by atoms with van der Waals surface area (Å²) >= 11 is 1.90. The summed E-state index contributed by atoms with van der Waals surface area (Å²) in [4.78, 5) is 0. The molecule has 0 aromatic rings. The van der Waals surface area contributed by atoms with Crippen LogP contribution in [-0.4, -0.2) is 17.7 Å². The van der Waals surface area contributed by atoms with E-state index in [2.05, 4.69) is 6.26 Å². The Hall–Kier alpha value is 0.280. The van der Waals surface area contributed by atoms with Crippen LogP contribution in [0, 0.1) is 23.7 Å². The lowest BCUT2D eigenvalue weighted by Crippen LogP contribution is -2.13. The second-order valence-electron chi connectivity index (χ2n) is 3.86. The summed E-state index contributed by atoms with van der Waals surface area (Å²) in [6.07, 6.45) is 2.93. The van der Waals surface area contributed by atoms with Crippen LogP contribution in [0.2, 0.25) is 0 Å². The van der Waals surface area contributed by atoms with Gasteiger partial charge in [-0.3, -0.25) is 0 Å². The molecule has 6 atom stereocenters. The van der Waals surface area contributed by atoms with Crippen LogP contribution in [0.3, 0.4) is 0 Å². The highest BCUT2D eigenvalue weighted by molar-refractivity contribution is 7.99. The van der Waals surface area contributed by atoms with E-state index < -0.39 is 6.17 Å². The zero-order chi connectivity index (χ0) is 6.88. The predicted molar refractivity (Wildman–Crippen MR) is 40.8 cm³/mol. The van der Waals surface area contributed by atoms with Crippen molar-refractivity contribution in [3.8, 4) is 0 Å². The molecule has 0 aromatic carbocycles. The predicted octanol–water partition coefficient (Wildman–Crippen LogP) is 1.95. The number of halogens is 1. The van der Waals surface area contributed by atoms with E-state index in [1.807, 2.05) is 11.8 Å². The smallest absolute Gasteiger partial charge is 0.107 e. The lowest BCUT2D eigenvalue weighted by Gasteiger charge is -2.11. The molecule has 2 heteroatoms. The first kappa shape index (κ1) is 5.87. The monoisotopic (exact) mass is 158 g/mol. The molecule has 4 aliphatic rings. The van der Waals surface area contributed by atoms with Gasteiger partial charge in [0.2, 0.25) is 0 Å². The summed E-state index contributed by atoms with van der Waals surface area (Å²) in [5.41, 5.74) is 0. The number of hydrogen-bond donors (Lipinski definition) is 0. The number of alkyl halides is 1. The van der Waals surface area contributed by atoms with E-state index in [9.17, 15) is 4.39 Å². The summed E-state index contributed by atoms with van der Waals surface area (Å²) in [7, 11) is 0.